The predicted octanol–water partition coefficient (Wildman–Crippen LogP) is 5.40. The number of hydrogen-bond acceptors (Lipinski definition) is 7. The number of aliphatic hydroxyl groups is 1. The lowest BCUT2D eigenvalue weighted by Gasteiger charge is -2.52. The number of amides is 1. The second kappa shape index (κ2) is 12.6. The number of halogens is 3. The van der Waals surface area contributed by atoms with E-state index >= 15 is 18.0 Å². The largest absolute Gasteiger partial charge is 0.507 e. The summed E-state index contributed by atoms with van der Waals surface area (Å²) in [4.78, 5) is 37.8. The van der Waals surface area contributed by atoms with E-state index in [-0.39, 0.29) is 72.4 Å². The van der Waals surface area contributed by atoms with Crippen LogP contribution in [0.2, 0.25) is 0 Å². The summed E-state index contributed by atoms with van der Waals surface area (Å²) in [6.45, 7) is 11.9. The third-order valence-corrected chi connectivity index (χ3v) is 9.39. The van der Waals surface area contributed by atoms with Crippen LogP contribution >= 0.6 is 0 Å². The number of benzene rings is 2. The van der Waals surface area contributed by atoms with E-state index < -0.39 is 39.9 Å². The van der Waals surface area contributed by atoms with Gasteiger partial charge in [-0.3, -0.25) is 19.1 Å². The first-order valence-electron chi connectivity index (χ1n) is 16.0. The molecule has 4 heterocycles. The van der Waals surface area contributed by atoms with Crippen molar-refractivity contribution < 1.29 is 28.2 Å². The standard InChI is InChI=1S/C36H38F3N5O4/c1-6-27(47)42-18-22-17-41(13-8-14-45)35-34(43(22)16-21(42)5)23-15-25(38)29(28-24(37)9-7-10-26(28)46)30(39)33(23)44(36(35)48)32-20(4)11-12-40-31(32)19(2)3/h6-7,9-12,15,19,21-22,45-46H,1,8,13-14,16-18H2,2-5H3/t21-,22+/m1/s1. The molecule has 0 aliphatic carbocycles. The molecule has 0 saturated carbocycles. The molecule has 12 heteroatoms. The second-order valence-electron chi connectivity index (χ2n) is 12.8. The smallest absolute Gasteiger partial charge is 0.281 e. The zero-order valence-electron chi connectivity index (χ0n) is 27.3. The SMILES string of the molecule is C=CC(=O)N1C[C@@H]2CN(CCCO)c3c(c4cc(F)c(-c5c(O)cccc5F)c(F)c4n(-c4c(C)ccnc4C(C)C)c3=O)N2C[C@H]1C. The highest BCUT2D eigenvalue weighted by atomic mass is 19.1. The van der Waals surface area contributed by atoms with Crippen molar-refractivity contribution in [3.05, 3.63) is 88.2 Å². The van der Waals surface area contributed by atoms with Gasteiger partial charge in [-0.25, -0.2) is 13.2 Å². The fourth-order valence-corrected chi connectivity index (χ4v) is 7.21. The molecule has 6 rings (SSSR count). The normalized spacial score (nSPS) is 17.6. The molecule has 2 N–H and O–H groups in total. The molecule has 4 aromatic rings. The van der Waals surface area contributed by atoms with Crippen molar-refractivity contribution in [1.82, 2.24) is 14.5 Å². The Morgan fingerprint density at radius 3 is 2.50 bits per heavy atom. The Labute approximate surface area is 276 Å². The molecule has 1 fully saturated rings. The van der Waals surface area contributed by atoms with Crippen LogP contribution in [-0.4, -0.2) is 75.4 Å². The van der Waals surface area contributed by atoms with Crippen LogP contribution in [0, 0.1) is 24.4 Å². The Hall–Kier alpha value is -4.84. The van der Waals surface area contributed by atoms with Gasteiger partial charge in [0.1, 0.15) is 23.1 Å². The molecule has 0 bridgehead atoms. The quantitative estimate of drug-likeness (QED) is 0.256. The molecular weight excluding hydrogens is 623 g/mol. The van der Waals surface area contributed by atoms with Crippen molar-refractivity contribution in [2.45, 2.75) is 52.1 Å². The van der Waals surface area contributed by atoms with Gasteiger partial charge in [-0.1, -0.05) is 26.5 Å². The first-order valence-corrected chi connectivity index (χ1v) is 16.0. The fraction of sp³-hybridized carbons (Fsp3) is 0.361. The van der Waals surface area contributed by atoms with E-state index in [4.69, 9.17) is 0 Å². The van der Waals surface area contributed by atoms with Crippen LogP contribution in [0.1, 0.15) is 44.4 Å². The Morgan fingerprint density at radius 1 is 1.08 bits per heavy atom. The number of rotatable bonds is 7. The van der Waals surface area contributed by atoms with E-state index in [0.29, 0.717) is 29.9 Å². The summed E-state index contributed by atoms with van der Waals surface area (Å²) in [6.07, 6.45) is 3.16. The molecule has 252 valence electrons. The lowest BCUT2D eigenvalue weighted by atomic mass is 9.94. The van der Waals surface area contributed by atoms with Crippen molar-refractivity contribution in [3.63, 3.8) is 0 Å². The third-order valence-electron chi connectivity index (χ3n) is 9.39. The Bertz CT molecular complexity index is 1990. The number of aromatic nitrogens is 2. The van der Waals surface area contributed by atoms with Crippen molar-refractivity contribution in [2.24, 2.45) is 0 Å². The fourth-order valence-electron chi connectivity index (χ4n) is 7.21. The van der Waals surface area contributed by atoms with Crippen molar-refractivity contribution in [1.29, 1.82) is 0 Å². The number of pyridine rings is 2. The van der Waals surface area contributed by atoms with Gasteiger partial charge in [-0.15, -0.1) is 0 Å². The maximum atomic E-state index is 17.3. The minimum absolute atomic E-state index is 0.0616. The van der Waals surface area contributed by atoms with Crippen LogP contribution < -0.4 is 15.4 Å². The summed E-state index contributed by atoms with van der Waals surface area (Å²) < 4.78 is 50.1. The first kappa shape index (κ1) is 33.1. The zero-order chi connectivity index (χ0) is 34.6. The highest BCUT2D eigenvalue weighted by Gasteiger charge is 2.42. The molecule has 1 amide bonds. The second-order valence-corrected chi connectivity index (χ2v) is 12.8. The van der Waals surface area contributed by atoms with Gasteiger partial charge in [0.2, 0.25) is 5.91 Å². The molecule has 48 heavy (non-hydrogen) atoms. The molecule has 2 aliphatic rings. The van der Waals surface area contributed by atoms with Gasteiger partial charge in [0.25, 0.3) is 5.56 Å². The number of fused-ring (bicyclic) bond motifs is 5. The lowest BCUT2D eigenvalue weighted by molar-refractivity contribution is -0.128. The molecule has 9 nitrogen and oxygen atoms in total. The maximum absolute atomic E-state index is 17.3. The molecule has 0 spiro atoms. The molecule has 0 radical (unpaired) electrons. The van der Waals surface area contributed by atoms with E-state index in [1.165, 1.54) is 16.7 Å². The minimum atomic E-state index is -1.22. The molecule has 2 aromatic carbocycles. The number of aliphatic hydroxyl groups excluding tert-OH is 1. The number of phenols is 1. The van der Waals surface area contributed by atoms with Gasteiger partial charge in [-0.05, 0) is 62.1 Å². The van der Waals surface area contributed by atoms with Crippen LogP contribution in [0.25, 0.3) is 27.7 Å². The number of carbonyl (C=O) groups is 1. The van der Waals surface area contributed by atoms with E-state index in [1.807, 2.05) is 30.6 Å². The highest BCUT2D eigenvalue weighted by Crippen LogP contribution is 2.46. The molecule has 2 aromatic heterocycles. The zero-order valence-corrected chi connectivity index (χ0v) is 27.3. The van der Waals surface area contributed by atoms with Crippen LogP contribution in [-0.2, 0) is 4.79 Å². The van der Waals surface area contributed by atoms with Crippen LogP contribution in [0.15, 0.2) is 54.0 Å². The summed E-state index contributed by atoms with van der Waals surface area (Å²) in [6, 6.07) is 5.44. The highest BCUT2D eigenvalue weighted by molar-refractivity contribution is 6.03. The van der Waals surface area contributed by atoms with Gasteiger partial charge >= 0.3 is 0 Å². The number of carbonyl (C=O) groups excluding carboxylic acids is 1. The number of aromatic hydroxyl groups is 1. The predicted molar refractivity (Wildman–Crippen MR) is 180 cm³/mol. The van der Waals surface area contributed by atoms with Crippen molar-refractivity contribution >= 4 is 28.2 Å². The van der Waals surface area contributed by atoms with Crippen LogP contribution in [0.5, 0.6) is 5.75 Å². The van der Waals surface area contributed by atoms with Crippen LogP contribution in [0.3, 0.4) is 0 Å². The number of hydrogen-bond donors (Lipinski definition) is 2. The van der Waals surface area contributed by atoms with Crippen molar-refractivity contribution in [2.75, 3.05) is 42.6 Å². The van der Waals surface area contributed by atoms with Crippen molar-refractivity contribution in [3.8, 4) is 22.6 Å². The summed E-state index contributed by atoms with van der Waals surface area (Å²) in [5, 5.41) is 20.5. The topological polar surface area (TPSA) is 102 Å². The van der Waals surface area contributed by atoms with E-state index in [9.17, 15) is 15.0 Å². The summed E-state index contributed by atoms with van der Waals surface area (Å²) in [5.41, 5.74) is -0.458. The monoisotopic (exact) mass is 661 g/mol. The average Bonchev–Trinajstić information content (AvgIpc) is 3.04. The molecule has 2 aliphatic heterocycles. The van der Waals surface area contributed by atoms with Gasteiger partial charge in [0, 0.05) is 50.4 Å². The maximum Gasteiger partial charge on any atom is 0.281 e. The lowest BCUT2D eigenvalue weighted by Crippen LogP contribution is -2.64. The first-order chi connectivity index (χ1) is 22.9. The summed E-state index contributed by atoms with van der Waals surface area (Å²) in [7, 11) is 0. The van der Waals surface area contributed by atoms with Gasteiger partial charge in [-0.2, -0.15) is 0 Å². The third kappa shape index (κ3) is 5.18. The number of nitrogens with zero attached hydrogens (tertiary/aromatic N) is 5. The minimum Gasteiger partial charge on any atom is -0.507 e. The number of anilines is 2. The molecule has 2 atom stereocenters. The van der Waals surface area contributed by atoms with Gasteiger partial charge < -0.3 is 24.9 Å². The van der Waals surface area contributed by atoms with E-state index in [1.54, 1.807) is 24.1 Å². The number of phenolic OH excluding ortho intramolecular Hbond substituents is 1. The van der Waals surface area contributed by atoms with Gasteiger partial charge in [0.15, 0.2) is 5.82 Å². The Balaban J connectivity index is 1.79. The van der Waals surface area contributed by atoms with E-state index in [2.05, 4.69) is 11.6 Å². The number of aryl methyl sites for hydroxylation is 1. The number of piperazine rings is 1. The Morgan fingerprint density at radius 2 is 1.83 bits per heavy atom. The molecule has 0 unspecified atom stereocenters. The molecular formula is C36H38F3N5O4. The summed E-state index contributed by atoms with van der Waals surface area (Å²) >= 11 is 0. The van der Waals surface area contributed by atoms with Crippen LogP contribution in [0.4, 0.5) is 24.5 Å². The average molecular weight is 662 g/mol. The van der Waals surface area contributed by atoms with Gasteiger partial charge in [0.05, 0.1) is 39.8 Å². The molecule has 1 saturated heterocycles. The van der Waals surface area contributed by atoms with E-state index in [0.717, 1.165) is 18.2 Å². The summed E-state index contributed by atoms with van der Waals surface area (Å²) in [5.74, 6) is -4.51. The Kier molecular flexibility index (Phi) is 8.71.